The quantitative estimate of drug-likeness (QED) is 0.889. The number of thioether (sulfide) groups is 1. The van der Waals surface area contributed by atoms with Crippen molar-refractivity contribution in [3.05, 3.63) is 54.6 Å². The summed E-state index contributed by atoms with van der Waals surface area (Å²) in [6.45, 7) is 2.31. The number of carbonyl (C=O) groups excluding carboxylic acids is 2. The van der Waals surface area contributed by atoms with Crippen LogP contribution in [0.3, 0.4) is 0 Å². The number of nitrogens with zero attached hydrogens (tertiary/aromatic N) is 1. The molecule has 0 aromatic heterocycles. The van der Waals surface area contributed by atoms with Crippen LogP contribution in [0.15, 0.2) is 54.6 Å². The van der Waals surface area contributed by atoms with Crippen molar-refractivity contribution in [1.82, 2.24) is 0 Å². The van der Waals surface area contributed by atoms with Crippen molar-refractivity contribution in [2.75, 3.05) is 23.0 Å². The smallest absolute Gasteiger partial charge is 0.410 e. The summed E-state index contributed by atoms with van der Waals surface area (Å²) in [5.41, 5.74) is 1.29. The molecule has 0 bridgehead atoms. The maximum atomic E-state index is 12.3. The lowest BCUT2D eigenvalue weighted by Gasteiger charge is -2.21. The van der Waals surface area contributed by atoms with E-state index in [4.69, 9.17) is 4.74 Å². The van der Waals surface area contributed by atoms with Crippen molar-refractivity contribution < 1.29 is 14.3 Å². The molecule has 0 heterocycles. The van der Waals surface area contributed by atoms with Crippen molar-refractivity contribution in [2.45, 2.75) is 6.92 Å². The van der Waals surface area contributed by atoms with E-state index in [2.05, 4.69) is 5.32 Å². The molecule has 0 atom stereocenters. The van der Waals surface area contributed by atoms with Crippen LogP contribution in [0.5, 0.6) is 5.75 Å². The summed E-state index contributed by atoms with van der Waals surface area (Å²) in [5.74, 6) is 0.489. The van der Waals surface area contributed by atoms with E-state index in [0.717, 1.165) is 11.8 Å². The van der Waals surface area contributed by atoms with Crippen LogP contribution in [0, 0.1) is 0 Å². The van der Waals surface area contributed by atoms with E-state index in [0.29, 0.717) is 23.7 Å². The number of nitrogens with one attached hydrogen (secondary N) is 1. The zero-order chi connectivity index (χ0) is 16.7. The van der Waals surface area contributed by atoms with Gasteiger partial charge in [-0.05, 0) is 43.5 Å². The monoisotopic (exact) mass is 330 g/mol. The van der Waals surface area contributed by atoms with Crippen molar-refractivity contribution in [1.29, 1.82) is 0 Å². The molecule has 2 aromatic carbocycles. The molecule has 0 radical (unpaired) electrons. The van der Waals surface area contributed by atoms with Gasteiger partial charge in [0.25, 0.3) is 5.24 Å². The minimum absolute atomic E-state index is 0.155. The molecule has 6 heteroatoms. The summed E-state index contributed by atoms with van der Waals surface area (Å²) < 4.78 is 5.36. The second-order valence-corrected chi connectivity index (χ2v) is 5.37. The van der Waals surface area contributed by atoms with Crippen LogP contribution < -0.4 is 15.0 Å². The van der Waals surface area contributed by atoms with Gasteiger partial charge in [0.05, 0.1) is 0 Å². The van der Waals surface area contributed by atoms with Gasteiger partial charge in [-0.2, -0.15) is 0 Å². The fourth-order valence-corrected chi connectivity index (χ4v) is 2.20. The summed E-state index contributed by atoms with van der Waals surface area (Å²) in [6.07, 6.45) is 1.24. The van der Waals surface area contributed by atoms with Crippen molar-refractivity contribution in [2.24, 2.45) is 0 Å². The number of ether oxygens (including phenoxy) is 1. The van der Waals surface area contributed by atoms with Crippen LogP contribution in [-0.2, 0) is 0 Å². The molecule has 2 amide bonds. The highest BCUT2D eigenvalue weighted by molar-refractivity contribution is 8.13. The molecule has 2 rings (SSSR count). The molecular weight excluding hydrogens is 312 g/mol. The Morgan fingerprint density at radius 2 is 1.87 bits per heavy atom. The molecule has 0 spiro atoms. The average Bonchev–Trinajstić information content (AvgIpc) is 2.56. The van der Waals surface area contributed by atoms with Gasteiger partial charge < -0.3 is 10.1 Å². The number of rotatable bonds is 4. The molecule has 23 heavy (non-hydrogen) atoms. The highest BCUT2D eigenvalue weighted by Crippen LogP contribution is 2.22. The number of hydrogen-bond acceptors (Lipinski definition) is 4. The van der Waals surface area contributed by atoms with Crippen molar-refractivity contribution in [3.8, 4) is 5.75 Å². The summed E-state index contributed by atoms with van der Waals surface area (Å²) in [6, 6.07) is 16.0. The fourth-order valence-electron chi connectivity index (χ4n) is 1.98. The first-order valence-electron chi connectivity index (χ1n) is 7.13. The zero-order valence-electron chi connectivity index (χ0n) is 13.0. The molecule has 120 valence electrons. The SMILES string of the molecule is CCN(C(=O)Oc1ccccc1)c1cccc(NC(=O)SC)c1. The minimum Gasteiger partial charge on any atom is -0.410 e. The zero-order valence-corrected chi connectivity index (χ0v) is 13.8. The topological polar surface area (TPSA) is 58.6 Å². The van der Waals surface area contributed by atoms with Gasteiger partial charge in [-0.25, -0.2) is 4.79 Å². The van der Waals surface area contributed by atoms with Gasteiger partial charge in [0.2, 0.25) is 0 Å². The van der Waals surface area contributed by atoms with E-state index < -0.39 is 6.09 Å². The Morgan fingerprint density at radius 1 is 1.13 bits per heavy atom. The maximum Gasteiger partial charge on any atom is 0.419 e. The van der Waals surface area contributed by atoms with Crippen LogP contribution in [0.1, 0.15) is 6.92 Å². The predicted molar refractivity (Wildman–Crippen MR) is 94.5 cm³/mol. The second kappa shape index (κ2) is 8.24. The molecule has 0 fully saturated rings. The minimum atomic E-state index is -0.466. The molecule has 0 saturated carbocycles. The van der Waals surface area contributed by atoms with Crippen molar-refractivity contribution in [3.63, 3.8) is 0 Å². The lowest BCUT2D eigenvalue weighted by atomic mass is 10.2. The third-order valence-corrected chi connectivity index (χ3v) is 3.55. The molecule has 0 saturated heterocycles. The highest BCUT2D eigenvalue weighted by atomic mass is 32.2. The Morgan fingerprint density at radius 3 is 2.52 bits per heavy atom. The van der Waals surface area contributed by atoms with Gasteiger partial charge in [0.15, 0.2) is 0 Å². The second-order valence-electron chi connectivity index (χ2n) is 4.59. The maximum absolute atomic E-state index is 12.3. The van der Waals surface area contributed by atoms with Gasteiger partial charge in [0, 0.05) is 17.9 Å². The van der Waals surface area contributed by atoms with Crippen LogP contribution in [0.25, 0.3) is 0 Å². The molecule has 0 aliphatic carbocycles. The number of carbonyl (C=O) groups is 2. The van der Waals surface area contributed by atoms with Crippen molar-refractivity contribution >= 4 is 34.5 Å². The highest BCUT2D eigenvalue weighted by Gasteiger charge is 2.16. The Kier molecular flexibility index (Phi) is 6.05. The Bertz CT molecular complexity index is 677. The van der Waals surface area contributed by atoms with Gasteiger partial charge in [0.1, 0.15) is 5.75 Å². The molecule has 1 N–H and O–H groups in total. The first-order chi connectivity index (χ1) is 11.1. The summed E-state index contributed by atoms with van der Waals surface area (Å²) in [4.78, 5) is 25.3. The molecule has 0 aliphatic heterocycles. The molecule has 2 aromatic rings. The van der Waals surface area contributed by atoms with E-state index in [1.807, 2.05) is 13.0 Å². The van der Waals surface area contributed by atoms with E-state index in [9.17, 15) is 9.59 Å². The lowest BCUT2D eigenvalue weighted by molar-refractivity contribution is 0.208. The van der Waals surface area contributed by atoms with Crippen LogP contribution >= 0.6 is 11.8 Å². The predicted octanol–water partition coefficient (Wildman–Crippen LogP) is 4.61. The summed E-state index contributed by atoms with van der Waals surface area (Å²) >= 11 is 1.09. The van der Waals surface area contributed by atoms with Crippen LogP contribution in [0.2, 0.25) is 0 Å². The van der Waals surface area contributed by atoms with Gasteiger partial charge in [-0.3, -0.25) is 9.69 Å². The van der Waals surface area contributed by atoms with E-state index in [1.54, 1.807) is 54.8 Å². The third-order valence-electron chi connectivity index (χ3n) is 3.07. The third kappa shape index (κ3) is 4.75. The Hall–Kier alpha value is -2.47. The molecular formula is C17H18N2O3S. The average molecular weight is 330 g/mol. The van der Waals surface area contributed by atoms with E-state index in [-0.39, 0.29) is 5.24 Å². The van der Waals surface area contributed by atoms with E-state index in [1.165, 1.54) is 4.90 Å². The number of amides is 2. The molecule has 0 aliphatic rings. The Labute approximate surface area is 139 Å². The number of para-hydroxylation sites is 1. The number of hydrogen-bond donors (Lipinski definition) is 1. The molecule has 0 unspecified atom stereocenters. The van der Waals surface area contributed by atoms with Gasteiger partial charge in [-0.1, -0.05) is 36.0 Å². The number of anilines is 2. The first-order valence-corrected chi connectivity index (χ1v) is 8.36. The normalized spacial score (nSPS) is 10.0. The molecule has 5 nitrogen and oxygen atoms in total. The van der Waals surface area contributed by atoms with E-state index >= 15 is 0 Å². The largest absolute Gasteiger partial charge is 0.419 e. The standard InChI is InChI=1S/C17H18N2O3S/c1-3-19(17(21)22-15-10-5-4-6-11-15)14-9-7-8-13(12-14)18-16(20)23-2/h4-12H,3H2,1-2H3,(H,18,20). The summed E-state index contributed by atoms with van der Waals surface area (Å²) in [7, 11) is 0. The van der Waals surface area contributed by atoms with Gasteiger partial charge in [-0.15, -0.1) is 0 Å². The number of benzene rings is 2. The van der Waals surface area contributed by atoms with Gasteiger partial charge >= 0.3 is 6.09 Å². The Balaban J connectivity index is 2.15. The lowest BCUT2D eigenvalue weighted by Crippen LogP contribution is -2.33. The van der Waals surface area contributed by atoms with Crippen LogP contribution in [-0.4, -0.2) is 24.1 Å². The summed E-state index contributed by atoms with van der Waals surface area (Å²) in [5, 5.41) is 2.59. The van der Waals surface area contributed by atoms with Crippen LogP contribution in [0.4, 0.5) is 21.0 Å². The first kappa shape index (κ1) is 16.9. The fraction of sp³-hybridized carbons (Fsp3) is 0.176.